The quantitative estimate of drug-likeness (QED) is 0.650. The first-order valence-electron chi connectivity index (χ1n) is 8.91. The van der Waals surface area contributed by atoms with Crippen molar-refractivity contribution in [3.8, 4) is 0 Å². The fourth-order valence-corrected chi connectivity index (χ4v) is 3.67. The normalized spacial score (nSPS) is 18.0. The van der Waals surface area contributed by atoms with Crippen molar-refractivity contribution in [3.63, 3.8) is 0 Å². The lowest BCUT2D eigenvalue weighted by molar-refractivity contribution is -0.116. The Morgan fingerprint density at radius 3 is 2.19 bits per heavy atom. The molecule has 1 unspecified atom stereocenters. The second kappa shape index (κ2) is 7.04. The minimum Gasteiger partial charge on any atom is -0.300 e. The molecule has 4 rings (SSSR count). The summed E-state index contributed by atoms with van der Waals surface area (Å²) in [5.41, 5.74) is 2.27. The van der Waals surface area contributed by atoms with Crippen LogP contribution in [0.1, 0.15) is 27.0 Å². The predicted molar refractivity (Wildman–Crippen MR) is 106 cm³/mol. The van der Waals surface area contributed by atoms with Crippen LogP contribution in [0.2, 0.25) is 0 Å². The highest BCUT2D eigenvalue weighted by Gasteiger charge is 2.43. The molecule has 3 heteroatoms. The van der Waals surface area contributed by atoms with Crippen LogP contribution in [-0.2, 0) is 16.8 Å². The molecule has 0 radical (unpaired) electrons. The molecule has 0 N–H and O–H groups in total. The van der Waals surface area contributed by atoms with Crippen LogP contribution in [0.25, 0.3) is 6.08 Å². The molecule has 1 heterocycles. The van der Waals surface area contributed by atoms with Gasteiger partial charge in [-0.2, -0.15) is 0 Å². The van der Waals surface area contributed by atoms with Crippen molar-refractivity contribution in [2.24, 2.45) is 0 Å². The van der Waals surface area contributed by atoms with Gasteiger partial charge in [0.15, 0.2) is 6.29 Å². The number of hydrogen-bond donors (Lipinski definition) is 0. The topological polar surface area (TPSA) is 37.4 Å². The van der Waals surface area contributed by atoms with Gasteiger partial charge in [0.25, 0.3) is 5.91 Å². The average Bonchev–Trinajstić information content (AvgIpc) is 2.75. The fourth-order valence-electron chi connectivity index (χ4n) is 3.67. The van der Waals surface area contributed by atoms with E-state index in [4.69, 9.17) is 0 Å². The second-order valence-electron chi connectivity index (χ2n) is 6.65. The molecular formula is C24H19NO2. The van der Waals surface area contributed by atoms with E-state index in [2.05, 4.69) is 0 Å². The molecule has 0 aliphatic carbocycles. The van der Waals surface area contributed by atoms with Gasteiger partial charge in [-0.1, -0.05) is 72.8 Å². The maximum atomic E-state index is 13.3. The lowest BCUT2D eigenvalue weighted by Gasteiger charge is -2.41. The molecule has 0 saturated carbocycles. The third-order valence-corrected chi connectivity index (χ3v) is 5.01. The van der Waals surface area contributed by atoms with E-state index in [-0.39, 0.29) is 5.91 Å². The van der Waals surface area contributed by atoms with Crippen molar-refractivity contribution in [1.82, 2.24) is 4.90 Å². The minimum atomic E-state index is -1.08. The van der Waals surface area contributed by atoms with E-state index in [1.165, 1.54) is 0 Å². The Bertz CT molecular complexity index is 995. The van der Waals surface area contributed by atoms with Gasteiger partial charge in [0.2, 0.25) is 0 Å². The summed E-state index contributed by atoms with van der Waals surface area (Å²) >= 11 is 0. The number of carbonyl (C=O) groups is 2. The zero-order valence-corrected chi connectivity index (χ0v) is 14.8. The van der Waals surface area contributed by atoms with Crippen LogP contribution in [-0.4, -0.2) is 17.1 Å². The Balaban J connectivity index is 1.86. The van der Waals surface area contributed by atoms with E-state index < -0.39 is 5.54 Å². The molecule has 0 aromatic heterocycles. The first-order valence-corrected chi connectivity index (χ1v) is 8.91. The van der Waals surface area contributed by atoms with E-state index in [1.807, 2.05) is 78.9 Å². The molecule has 132 valence electrons. The summed E-state index contributed by atoms with van der Waals surface area (Å²) in [5, 5.41) is 0. The number of nitrogens with zero attached hydrogens (tertiary/aromatic N) is 1. The predicted octanol–water partition coefficient (Wildman–Crippen LogP) is 4.45. The monoisotopic (exact) mass is 353 g/mol. The van der Waals surface area contributed by atoms with Gasteiger partial charge in [-0.3, -0.25) is 9.69 Å². The van der Waals surface area contributed by atoms with Crippen molar-refractivity contribution in [1.29, 1.82) is 0 Å². The third kappa shape index (κ3) is 2.97. The summed E-state index contributed by atoms with van der Waals surface area (Å²) in [7, 11) is 0. The van der Waals surface area contributed by atoms with Crippen LogP contribution >= 0.6 is 0 Å². The molecule has 0 fully saturated rings. The minimum absolute atomic E-state index is 0.190. The van der Waals surface area contributed by atoms with Crippen molar-refractivity contribution in [2.75, 3.05) is 0 Å². The van der Waals surface area contributed by atoms with Crippen LogP contribution in [0.5, 0.6) is 0 Å². The van der Waals surface area contributed by atoms with E-state index in [0.29, 0.717) is 12.0 Å². The zero-order valence-electron chi connectivity index (χ0n) is 14.8. The Labute approximate surface area is 158 Å². The number of rotatable bonds is 4. The highest BCUT2D eigenvalue weighted by atomic mass is 16.2. The molecule has 0 bridgehead atoms. The Hall–Kier alpha value is -3.46. The summed E-state index contributed by atoms with van der Waals surface area (Å²) < 4.78 is 0. The Morgan fingerprint density at radius 2 is 1.48 bits per heavy atom. The second-order valence-corrected chi connectivity index (χ2v) is 6.65. The standard InChI is InChI=1S/C24H19NO2/c26-18-24(17-19-9-3-1-4-10-19)22-14-8-7-11-20(22)15-16-25(24)23(27)21-12-5-2-6-13-21/h1-16,18H,17H2. The Kier molecular flexibility index (Phi) is 4.43. The molecule has 3 nitrogen and oxygen atoms in total. The van der Waals surface area contributed by atoms with Gasteiger partial charge < -0.3 is 4.79 Å². The third-order valence-electron chi connectivity index (χ3n) is 5.01. The zero-order chi connectivity index (χ0) is 18.7. The number of amides is 1. The van der Waals surface area contributed by atoms with Gasteiger partial charge in [-0.05, 0) is 34.9 Å². The van der Waals surface area contributed by atoms with Crippen LogP contribution in [0.3, 0.4) is 0 Å². The summed E-state index contributed by atoms with van der Waals surface area (Å²) in [4.78, 5) is 27.4. The van der Waals surface area contributed by atoms with Gasteiger partial charge in [0.05, 0.1) is 0 Å². The molecule has 0 saturated heterocycles. The maximum Gasteiger partial charge on any atom is 0.258 e. The molecule has 1 amide bonds. The molecule has 27 heavy (non-hydrogen) atoms. The van der Waals surface area contributed by atoms with Gasteiger partial charge in [-0.25, -0.2) is 0 Å². The van der Waals surface area contributed by atoms with Crippen molar-refractivity contribution in [3.05, 3.63) is 113 Å². The van der Waals surface area contributed by atoms with Gasteiger partial charge in [0, 0.05) is 18.2 Å². The maximum absolute atomic E-state index is 13.3. The van der Waals surface area contributed by atoms with Crippen molar-refractivity contribution < 1.29 is 9.59 Å². The number of fused-ring (bicyclic) bond motifs is 1. The first kappa shape index (κ1) is 17.0. The fraction of sp³-hybridized carbons (Fsp3) is 0.0833. The van der Waals surface area contributed by atoms with Crippen LogP contribution in [0, 0.1) is 0 Å². The molecule has 0 spiro atoms. The molecule has 3 aromatic carbocycles. The summed E-state index contributed by atoms with van der Waals surface area (Å²) in [6.45, 7) is 0. The van der Waals surface area contributed by atoms with E-state index in [1.54, 1.807) is 23.2 Å². The van der Waals surface area contributed by atoms with Crippen LogP contribution in [0.4, 0.5) is 0 Å². The van der Waals surface area contributed by atoms with Gasteiger partial charge in [-0.15, -0.1) is 0 Å². The summed E-state index contributed by atoms with van der Waals surface area (Å²) in [6.07, 6.45) is 4.94. The molecule has 1 atom stereocenters. The van der Waals surface area contributed by atoms with Crippen LogP contribution in [0.15, 0.2) is 91.1 Å². The number of hydrogen-bond acceptors (Lipinski definition) is 2. The number of carbonyl (C=O) groups excluding carboxylic acids is 2. The van der Waals surface area contributed by atoms with Gasteiger partial charge >= 0.3 is 0 Å². The summed E-state index contributed by atoms with van der Waals surface area (Å²) in [5.74, 6) is -0.190. The largest absolute Gasteiger partial charge is 0.300 e. The van der Waals surface area contributed by atoms with Gasteiger partial charge in [0.1, 0.15) is 5.54 Å². The highest BCUT2D eigenvalue weighted by molar-refractivity contribution is 5.98. The first-order chi connectivity index (χ1) is 13.2. The number of aldehydes is 1. The van der Waals surface area contributed by atoms with Crippen molar-refractivity contribution in [2.45, 2.75) is 12.0 Å². The lowest BCUT2D eigenvalue weighted by Crippen LogP contribution is -2.51. The van der Waals surface area contributed by atoms with Crippen LogP contribution < -0.4 is 0 Å². The lowest BCUT2D eigenvalue weighted by atomic mass is 9.79. The smallest absolute Gasteiger partial charge is 0.258 e. The van der Waals surface area contributed by atoms with E-state index in [9.17, 15) is 9.59 Å². The summed E-state index contributed by atoms with van der Waals surface area (Å²) in [6, 6.07) is 26.6. The van der Waals surface area contributed by atoms with Crippen molar-refractivity contribution >= 4 is 18.3 Å². The Morgan fingerprint density at radius 1 is 0.852 bits per heavy atom. The highest BCUT2D eigenvalue weighted by Crippen LogP contribution is 2.38. The average molecular weight is 353 g/mol. The molecule has 3 aromatic rings. The molecule has 1 aliphatic rings. The van der Waals surface area contributed by atoms with E-state index >= 15 is 0 Å². The molecule has 1 aliphatic heterocycles. The number of benzene rings is 3. The van der Waals surface area contributed by atoms with E-state index in [0.717, 1.165) is 23.0 Å². The molecular weight excluding hydrogens is 334 g/mol. The SMILES string of the molecule is O=CC1(Cc2ccccc2)c2ccccc2C=CN1C(=O)c1ccccc1.